The number of amides is 1. The molecule has 21 heavy (non-hydrogen) atoms. The smallest absolute Gasteiger partial charge is 0.237 e. The molecule has 0 spiro atoms. The molecule has 1 heterocycles. The number of likely N-dealkylation sites (tertiary alicyclic amines) is 1. The monoisotopic (exact) mass is 299 g/mol. The predicted octanol–water partition coefficient (Wildman–Crippen LogP) is 1.51. The zero-order valence-corrected chi connectivity index (χ0v) is 14.2. The van der Waals surface area contributed by atoms with Gasteiger partial charge in [-0.05, 0) is 53.0 Å². The fraction of sp³-hybridized carbons (Fsp3) is 0.938. The topological polar surface area (TPSA) is 67.6 Å². The lowest BCUT2D eigenvalue weighted by Gasteiger charge is -2.36. The highest BCUT2D eigenvalue weighted by Gasteiger charge is 2.32. The number of hydrogen-bond acceptors (Lipinski definition) is 4. The van der Waals surface area contributed by atoms with E-state index in [1.54, 1.807) is 0 Å². The molecule has 1 rings (SSSR count). The van der Waals surface area contributed by atoms with Crippen LogP contribution in [0.1, 0.15) is 53.4 Å². The molecule has 1 fully saturated rings. The second-order valence-corrected chi connectivity index (χ2v) is 6.68. The fourth-order valence-electron chi connectivity index (χ4n) is 2.92. The molecule has 2 atom stereocenters. The summed E-state index contributed by atoms with van der Waals surface area (Å²) in [6.07, 6.45) is 4.46. The largest absolute Gasteiger partial charge is 0.377 e. The average molecular weight is 299 g/mol. The summed E-state index contributed by atoms with van der Waals surface area (Å²) in [5, 5.41) is 3.31. The molecule has 0 bridgehead atoms. The molecular weight excluding hydrogens is 266 g/mol. The highest BCUT2D eigenvalue weighted by molar-refractivity contribution is 5.84. The number of nitrogens with two attached hydrogens (primary N) is 1. The van der Waals surface area contributed by atoms with E-state index in [1.807, 2.05) is 20.8 Å². The third-order valence-electron chi connectivity index (χ3n) is 4.10. The number of hydrogen-bond donors (Lipinski definition) is 2. The van der Waals surface area contributed by atoms with Crippen LogP contribution in [0.25, 0.3) is 0 Å². The van der Waals surface area contributed by atoms with Crippen molar-refractivity contribution in [3.05, 3.63) is 0 Å². The van der Waals surface area contributed by atoms with E-state index < -0.39 is 5.54 Å². The third kappa shape index (κ3) is 6.32. The first-order valence-electron chi connectivity index (χ1n) is 8.29. The summed E-state index contributed by atoms with van der Waals surface area (Å²) in [4.78, 5) is 14.1. The van der Waals surface area contributed by atoms with Crippen LogP contribution >= 0.6 is 0 Å². The molecule has 0 aromatic rings. The number of carbonyl (C=O) groups is 1. The van der Waals surface area contributed by atoms with E-state index in [0.29, 0.717) is 6.10 Å². The zero-order valence-electron chi connectivity index (χ0n) is 14.2. The molecule has 0 saturated carbocycles. The van der Waals surface area contributed by atoms with E-state index in [2.05, 4.69) is 17.1 Å². The van der Waals surface area contributed by atoms with Crippen LogP contribution in [0, 0.1) is 0 Å². The van der Waals surface area contributed by atoms with Crippen LogP contribution in [-0.4, -0.2) is 54.7 Å². The van der Waals surface area contributed by atoms with Gasteiger partial charge in [0, 0.05) is 25.7 Å². The lowest BCUT2D eigenvalue weighted by Crippen LogP contribution is -2.57. The van der Waals surface area contributed by atoms with Crippen LogP contribution in [0.15, 0.2) is 0 Å². The molecule has 1 aliphatic heterocycles. The van der Waals surface area contributed by atoms with Crippen molar-refractivity contribution in [3.8, 4) is 0 Å². The number of primary amides is 1. The Balaban J connectivity index is 2.46. The molecular formula is C16H33N3O2. The van der Waals surface area contributed by atoms with Crippen molar-refractivity contribution in [2.75, 3.05) is 26.2 Å². The van der Waals surface area contributed by atoms with Crippen molar-refractivity contribution in [2.24, 2.45) is 5.73 Å². The normalized spacial score (nSPS) is 23.2. The molecule has 0 aromatic heterocycles. The molecule has 0 aliphatic carbocycles. The summed E-state index contributed by atoms with van der Waals surface area (Å²) in [6, 6.07) is 0.240. The SMILES string of the molecule is CCCOC1CCCN(CCC(C)(NC(C)C)C(N)=O)C1. The Morgan fingerprint density at radius 1 is 1.52 bits per heavy atom. The number of nitrogens with zero attached hydrogens (tertiary/aromatic N) is 1. The number of rotatable bonds is 9. The molecule has 5 nitrogen and oxygen atoms in total. The predicted molar refractivity (Wildman–Crippen MR) is 86.2 cm³/mol. The van der Waals surface area contributed by atoms with Gasteiger partial charge in [-0.2, -0.15) is 0 Å². The van der Waals surface area contributed by atoms with Crippen molar-refractivity contribution in [1.82, 2.24) is 10.2 Å². The lowest BCUT2D eigenvalue weighted by molar-refractivity contribution is -0.124. The minimum atomic E-state index is -0.634. The van der Waals surface area contributed by atoms with Crippen molar-refractivity contribution in [1.29, 1.82) is 0 Å². The zero-order chi connectivity index (χ0) is 15.9. The summed E-state index contributed by atoms with van der Waals surface area (Å²) in [5.74, 6) is -0.271. The van der Waals surface area contributed by atoms with E-state index in [-0.39, 0.29) is 11.9 Å². The second-order valence-electron chi connectivity index (χ2n) is 6.68. The van der Waals surface area contributed by atoms with Gasteiger partial charge in [-0.15, -0.1) is 0 Å². The summed E-state index contributed by atoms with van der Waals surface area (Å²) in [7, 11) is 0. The molecule has 0 aromatic carbocycles. The highest BCUT2D eigenvalue weighted by Crippen LogP contribution is 2.17. The number of nitrogens with one attached hydrogen (secondary N) is 1. The van der Waals surface area contributed by atoms with Gasteiger partial charge in [0.15, 0.2) is 0 Å². The fourth-order valence-corrected chi connectivity index (χ4v) is 2.92. The number of piperidine rings is 1. The Kier molecular flexibility index (Phi) is 7.63. The lowest BCUT2D eigenvalue weighted by atomic mass is 9.94. The molecule has 0 radical (unpaired) electrons. The molecule has 2 unspecified atom stereocenters. The van der Waals surface area contributed by atoms with Crippen LogP contribution < -0.4 is 11.1 Å². The third-order valence-corrected chi connectivity index (χ3v) is 4.10. The van der Waals surface area contributed by atoms with Gasteiger partial charge in [-0.25, -0.2) is 0 Å². The maximum Gasteiger partial charge on any atom is 0.237 e. The average Bonchev–Trinajstić information content (AvgIpc) is 2.42. The quantitative estimate of drug-likeness (QED) is 0.677. The van der Waals surface area contributed by atoms with Gasteiger partial charge in [-0.3, -0.25) is 4.79 Å². The molecule has 1 aliphatic rings. The van der Waals surface area contributed by atoms with Crippen LogP contribution in [0.2, 0.25) is 0 Å². The molecule has 5 heteroatoms. The Bertz CT molecular complexity index is 323. The van der Waals surface area contributed by atoms with E-state index >= 15 is 0 Å². The molecule has 124 valence electrons. The summed E-state index contributed by atoms with van der Waals surface area (Å²) in [5.41, 5.74) is 4.95. The first-order chi connectivity index (χ1) is 9.87. The van der Waals surface area contributed by atoms with Gasteiger partial charge in [0.1, 0.15) is 0 Å². The summed E-state index contributed by atoms with van der Waals surface area (Å²) in [6.45, 7) is 11.9. The Labute approximate surface area is 129 Å². The number of carbonyl (C=O) groups excluding carboxylic acids is 1. The van der Waals surface area contributed by atoms with Gasteiger partial charge in [0.05, 0.1) is 11.6 Å². The Morgan fingerprint density at radius 2 is 2.24 bits per heavy atom. The minimum absolute atomic E-state index is 0.240. The maximum absolute atomic E-state index is 11.8. The van der Waals surface area contributed by atoms with Crippen molar-refractivity contribution in [3.63, 3.8) is 0 Å². The highest BCUT2D eigenvalue weighted by atomic mass is 16.5. The van der Waals surface area contributed by atoms with Gasteiger partial charge in [0.25, 0.3) is 0 Å². The van der Waals surface area contributed by atoms with E-state index in [0.717, 1.165) is 45.5 Å². The molecule has 3 N–H and O–H groups in total. The molecule has 1 saturated heterocycles. The van der Waals surface area contributed by atoms with Gasteiger partial charge >= 0.3 is 0 Å². The van der Waals surface area contributed by atoms with Gasteiger partial charge in [-0.1, -0.05) is 6.92 Å². The Hall–Kier alpha value is -0.650. The van der Waals surface area contributed by atoms with E-state index in [9.17, 15) is 4.79 Å². The minimum Gasteiger partial charge on any atom is -0.377 e. The first-order valence-corrected chi connectivity index (χ1v) is 8.29. The second kappa shape index (κ2) is 8.71. The first kappa shape index (κ1) is 18.4. The summed E-state index contributed by atoms with van der Waals surface area (Å²) >= 11 is 0. The van der Waals surface area contributed by atoms with Crippen LogP contribution in [0.4, 0.5) is 0 Å². The summed E-state index contributed by atoms with van der Waals surface area (Å²) < 4.78 is 5.86. The Morgan fingerprint density at radius 3 is 2.81 bits per heavy atom. The van der Waals surface area contributed by atoms with Gasteiger partial charge in [0.2, 0.25) is 5.91 Å². The van der Waals surface area contributed by atoms with E-state index in [4.69, 9.17) is 10.5 Å². The number of ether oxygens (including phenoxy) is 1. The van der Waals surface area contributed by atoms with Crippen molar-refractivity contribution in [2.45, 2.75) is 71.1 Å². The van der Waals surface area contributed by atoms with Crippen molar-refractivity contribution >= 4 is 5.91 Å². The van der Waals surface area contributed by atoms with Crippen LogP contribution in [0.3, 0.4) is 0 Å². The standard InChI is InChI=1S/C16H33N3O2/c1-5-11-21-14-7-6-9-19(12-14)10-8-16(4,15(17)20)18-13(2)3/h13-14,18H,5-12H2,1-4H3,(H2,17,20). The molecule has 1 amide bonds. The maximum atomic E-state index is 11.8. The van der Waals surface area contributed by atoms with Crippen molar-refractivity contribution < 1.29 is 9.53 Å². The van der Waals surface area contributed by atoms with E-state index in [1.165, 1.54) is 6.42 Å². The van der Waals surface area contributed by atoms with Crippen LogP contribution in [0.5, 0.6) is 0 Å². The van der Waals surface area contributed by atoms with Crippen LogP contribution in [-0.2, 0) is 9.53 Å². The van der Waals surface area contributed by atoms with Gasteiger partial charge < -0.3 is 20.7 Å².